The van der Waals surface area contributed by atoms with E-state index in [1.165, 1.54) is 0 Å². The van der Waals surface area contributed by atoms with Gasteiger partial charge in [0.2, 0.25) is 0 Å². The quantitative estimate of drug-likeness (QED) is 0.734. The molecule has 0 saturated heterocycles. The van der Waals surface area contributed by atoms with Crippen molar-refractivity contribution in [2.75, 3.05) is 0 Å². The monoisotopic (exact) mass is 234 g/mol. The van der Waals surface area contributed by atoms with Crippen LogP contribution in [0.25, 0.3) is 0 Å². The van der Waals surface area contributed by atoms with E-state index in [4.69, 9.17) is 34.7 Å². The van der Waals surface area contributed by atoms with E-state index in [2.05, 4.69) is 0 Å². The molecule has 0 radical (unpaired) electrons. The van der Waals surface area contributed by atoms with E-state index in [9.17, 15) is 0 Å². The molecule has 1 rings (SSSR count). The third-order valence-electron chi connectivity index (χ3n) is 1.66. The minimum Gasteiger partial charge on any atom is -0.312 e. The third kappa shape index (κ3) is 3.14. The van der Waals surface area contributed by atoms with Crippen LogP contribution in [0.4, 0.5) is 0 Å². The van der Waals surface area contributed by atoms with Crippen molar-refractivity contribution < 1.29 is 0 Å². The predicted molar refractivity (Wildman–Crippen MR) is 63.7 cm³/mol. The molecule has 0 aliphatic rings. The summed E-state index contributed by atoms with van der Waals surface area (Å²) in [5.41, 5.74) is 12.5. The van der Waals surface area contributed by atoms with Gasteiger partial charge in [-0.15, -0.1) is 0 Å². The molecular weight excluding hydrogens is 219 g/mol. The second-order valence-corrected chi connectivity index (χ2v) is 3.38. The Bertz CT molecular complexity index is 298. The summed E-state index contributed by atoms with van der Waals surface area (Å²) in [6, 6.07) is 3.63. The number of hydrogen-bond acceptors (Lipinski definition) is 2. The Hall–Kier alpha value is -0.280. The molecule has 1 aromatic carbocycles. The highest BCUT2D eigenvalue weighted by atomic mass is 35.5. The Morgan fingerprint density at radius 1 is 1.07 bits per heavy atom. The van der Waals surface area contributed by atoms with Crippen LogP contribution in [0.3, 0.4) is 0 Å². The molecule has 0 aliphatic carbocycles. The number of hydrogen-bond donors (Lipinski definition) is 2. The van der Waals surface area contributed by atoms with Crippen LogP contribution in [0.15, 0.2) is 12.1 Å². The van der Waals surface area contributed by atoms with Gasteiger partial charge in [0.1, 0.15) is 0 Å². The van der Waals surface area contributed by atoms with Gasteiger partial charge in [-0.25, -0.2) is 0 Å². The number of aryl methyl sites for hydroxylation is 1. The summed E-state index contributed by atoms with van der Waals surface area (Å²) in [7, 11) is 0. The van der Waals surface area contributed by atoms with Crippen molar-refractivity contribution in [3.05, 3.63) is 33.3 Å². The van der Waals surface area contributed by atoms with Gasteiger partial charge in [0, 0.05) is 5.56 Å². The molecule has 0 spiro atoms. The first-order chi connectivity index (χ1) is 6.54. The second kappa shape index (κ2) is 6.25. The topological polar surface area (TPSA) is 52.0 Å². The number of nitrogens with two attached hydrogens (primary N) is 2. The Morgan fingerprint density at radius 2 is 1.57 bits per heavy atom. The van der Waals surface area contributed by atoms with Gasteiger partial charge in [-0.2, -0.15) is 0 Å². The van der Waals surface area contributed by atoms with Crippen molar-refractivity contribution in [2.24, 2.45) is 11.5 Å². The Labute approximate surface area is 95.2 Å². The summed E-state index contributed by atoms with van der Waals surface area (Å²) >= 11 is 11.8. The summed E-state index contributed by atoms with van der Waals surface area (Å²) < 4.78 is 0. The minimum absolute atomic E-state index is 0.451. The van der Waals surface area contributed by atoms with Crippen molar-refractivity contribution in [3.63, 3.8) is 0 Å². The molecule has 80 valence electrons. The molecule has 4 heteroatoms. The van der Waals surface area contributed by atoms with Crippen molar-refractivity contribution in [1.29, 1.82) is 0 Å². The first-order valence-corrected chi connectivity index (χ1v) is 5.25. The Morgan fingerprint density at radius 3 is 2.00 bits per heavy atom. The van der Waals surface area contributed by atoms with E-state index in [1.54, 1.807) is 6.07 Å². The molecular formula is C10H16Cl2N2. The van der Waals surface area contributed by atoms with Crippen molar-refractivity contribution in [2.45, 2.75) is 26.9 Å². The van der Waals surface area contributed by atoms with Crippen LogP contribution < -0.4 is 11.5 Å². The normalized spacial score (nSPS) is 9.71. The molecule has 4 N–H and O–H groups in total. The minimum atomic E-state index is -0.574. The second-order valence-electron chi connectivity index (χ2n) is 2.63. The number of benzene rings is 1. The highest BCUT2D eigenvalue weighted by Crippen LogP contribution is 2.30. The van der Waals surface area contributed by atoms with Gasteiger partial charge in [-0.3, -0.25) is 0 Å². The SMILES string of the molecule is CC.Cc1ccc(C(N)N)c(Cl)c1Cl. The molecule has 0 unspecified atom stereocenters. The molecule has 0 fully saturated rings. The molecule has 2 nitrogen and oxygen atoms in total. The van der Waals surface area contributed by atoms with E-state index in [0.717, 1.165) is 5.56 Å². The standard InChI is InChI=1S/C8H10Cl2N2.C2H6/c1-4-2-3-5(8(11)12)7(10)6(4)9;1-2/h2-3,8H,11-12H2,1H3;1-2H3. The predicted octanol–water partition coefficient (Wildman–Crippen LogP) is 3.24. The van der Waals surface area contributed by atoms with Gasteiger partial charge in [0.05, 0.1) is 16.2 Å². The number of rotatable bonds is 1. The fourth-order valence-electron chi connectivity index (χ4n) is 0.918. The van der Waals surface area contributed by atoms with Crippen molar-refractivity contribution in [1.82, 2.24) is 0 Å². The van der Waals surface area contributed by atoms with Crippen molar-refractivity contribution >= 4 is 23.2 Å². The van der Waals surface area contributed by atoms with Crippen LogP contribution in [0.2, 0.25) is 10.0 Å². The summed E-state index contributed by atoms with van der Waals surface area (Å²) in [6.07, 6.45) is -0.574. The van der Waals surface area contributed by atoms with E-state index in [-0.39, 0.29) is 0 Å². The average Bonchev–Trinajstić information content (AvgIpc) is 2.17. The largest absolute Gasteiger partial charge is 0.312 e. The lowest BCUT2D eigenvalue weighted by molar-refractivity contribution is 0.774. The maximum absolute atomic E-state index is 5.90. The lowest BCUT2D eigenvalue weighted by Gasteiger charge is -2.10. The summed E-state index contributed by atoms with van der Waals surface area (Å²) in [4.78, 5) is 0. The van der Waals surface area contributed by atoms with Crippen LogP contribution in [0, 0.1) is 6.92 Å². The van der Waals surface area contributed by atoms with Gasteiger partial charge in [-0.05, 0) is 12.5 Å². The zero-order chi connectivity index (χ0) is 11.3. The highest BCUT2D eigenvalue weighted by Gasteiger charge is 2.10. The molecule has 0 atom stereocenters. The fourth-order valence-corrected chi connectivity index (χ4v) is 1.43. The molecule has 0 aliphatic heterocycles. The van der Waals surface area contributed by atoms with Crippen LogP contribution in [0.1, 0.15) is 31.1 Å². The lowest BCUT2D eigenvalue weighted by atomic mass is 10.1. The summed E-state index contributed by atoms with van der Waals surface area (Å²) in [5.74, 6) is 0. The fraction of sp³-hybridized carbons (Fsp3) is 0.400. The molecule has 0 bridgehead atoms. The maximum Gasteiger partial charge on any atom is 0.0799 e. The van der Waals surface area contributed by atoms with Crippen molar-refractivity contribution in [3.8, 4) is 0 Å². The molecule has 1 aromatic rings. The molecule has 14 heavy (non-hydrogen) atoms. The van der Waals surface area contributed by atoms with Crippen LogP contribution in [0.5, 0.6) is 0 Å². The van der Waals surface area contributed by atoms with E-state index in [1.807, 2.05) is 26.8 Å². The lowest BCUT2D eigenvalue weighted by Crippen LogP contribution is -2.20. The van der Waals surface area contributed by atoms with E-state index in [0.29, 0.717) is 15.6 Å². The summed E-state index contributed by atoms with van der Waals surface area (Å²) in [6.45, 7) is 5.88. The van der Waals surface area contributed by atoms with Gasteiger partial charge in [0.15, 0.2) is 0 Å². The van der Waals surface area contributed by atoms with E-state index >= 15 is 0 Å². The smallest absolute Gasteiger partial charge is 0.0799 e. The Kier molecular flexibility index (Phi) is 6.12. The summed E-state index contributed by atoms with van der Waals surface area (Å²) in [5, 5.41) is 0.974. The van der Waals surface area contributed by atoms with E-state index < -0.39 is 6.17 Å². The maximum atomic E-state index is 5.90. The molecule has 0 saturated carbocycles. The highest BCUT2D eigenvalue weighted by molar-refractivity contribution is 6.43. The molecule has 0 amide bonds. The molecule has 0 heterocycles. The van der Waals surface area contributed by atoms with Gasteiger partial charge in [-0.1, -0.05) is 49.2 Å². The van der Waals surface area contributed by atoms with Crippen LogP contribution >= 0.6 is 23.2 Å². The first kappa shape index (κ1) is 13.7. The van der Waals surface area contributed by atoms with Gasteiger partial charge in [0.25, 0.3) is 0 Å². The third-order valence-corrected chi connectivity index (χ3v) is 2.66. The zero-order valence-electron chi connectivity index (χ0n) is 8.64. The van der Waals surface area contributed by atoms with Gasteiger partial charge < -0.3 is 11.5 Å². The zero-order valence-corrected chi connectivity index (χ0v) is 10.2. The Balaban J connectivity index is 0.000000791. The molecule has 0 aromatic heterocycles. The average molecular weight is 235 g/mol. The number of halogens is 2. The first-order valence-electron chi connectivity index (χ1n) is 4.49. The van der Waals surface area contributed by atoms with Crippen LogP contribution in [-0.2, 0) is 0 Å². The van der Waals surface area contributed by atoms with Gasteiger partial charge >= 0.3 is 0 Å². The van der Waals surface area contributed by atoms with Crippen LogP contribution in [-0.4, -0.2) is 0 Å².